The van der Waals surface area contributed by atoms with Crippen molar-refractivity contribution in [2.24, 2.45) is 10.7 Å². The van der Waals surface area contributed by atoms with Crippen LogP contribution in [0.5, 0.6) is 0 Å². The molecule has 116 valence electrons. The van der Waals surface area contributed by atoms with Crippen LogP contribution in [0.15, 0.2) is 4.99 Å². The van der Waals surface area contributed by atoms with Gasteiger partial charge >= 0.3 is 6.18 Å². The number of nitrogens with two attached hydrogens (primary N) is 1. The van der Waals surface area contributed by atoms with E-state index in [2.05, 4.69) is 10.3 Å². The van der Waals surface area contributed by atoms with Gasteiger partial charge in [-0.25, -0.2) is 4.99 Å². The summed E-state index contributed by atoms with van der Waals surface area (Å²) >= 11 is 0. The number of hydrogen-bond donors (Lipinski definition) is 3. The predicted octanol–water partition coefficient (Wildman–Crippen LogP) is 1.29. The second kappa shape index (κ2) is 7.96. The minimum atomic E-state index is -4.41. The highest BCUT2D eigenvalue weighted by Crippen LogP contribution is 2.16. The van der Waals surface area contributed by atoms with E-state index in [1.165, 1.54) is 12.8 Å². The average molecular weight is 294 g/mol. The highest BCUT2D eigenvalue weighted by molar-refractivity contribution is 5.84. The zero-order valence-corrected chi connectivity index (χ0v) is 11.3. The molecule has 0 spiro atoms. The molecular weight excluding hydrogens is 273 g/mol. The van der Waals surface area contributed by atoms with Crippen LogP contribution in [0.2, 0.25) is 0 Å². The van der Waals surface area contributed by atoms with Gasteiger partial charge in [0.1, 0.15) is 13.1 Å². The fraction of sp³-hybridized carbons (Fsp3) is 0.833. The van der Waals surface area contributed by atoms with Gasteiger partial charge in [-0.1, -0.05) is 25.7 Å². The van der Waals surface area contributed by atoms with Gasteiger partial charge in [0.25, 0.3) is 0 Å². The molecule has 0 unspecified atom stereocenters. The van der Waals surface area contributed by atoms with E-state index in [-0.39, 0.29) is 12.0 Å². The fourth-order valence-electron chi connectivity index (χ4n) is 2.09. The van der Waals surface area contributed by atoms with Gasteiger partial charge in [-0.2, -0.15) is 13.2 Å². The summed E-state index contributed by atoms with van der Waals surface area (Å²) in [5.41, 5.74) is 5.62. The molecule has 1 amide bonds. The first-order chi connectivity index (χ1) is 9.37. The number of guanidine groups is 1. The lowest BCUT2D eigenvalue weighted by atomic mass is 10.1. The van der Waals surface area contributed by atoms with Gasteiger partial charge in [0, 0.05) is 6.04 Å². The van der Waals surface area contributed by atoms with E-state index in [0.717, 1.165) is 25.7 Å². The van der Waals surface area contributed by atoms with Gasteiger partial charge in [0.2, 0.25) is 5.91 Å². The number of halogens is 3. The van der Waals surface area contributed by atoms with Crippen molar-refractivity contribution in [3.05, 3.63) is 0 Å². The van der Waals surface area contributed by atoms with Gasteiger partial charge in [0.05, 0.1) is 0 Å². The van der Waals surface area contributed by atoms with Crippen LogP contribution in [0.3, 0.4) is 0 Å². The van der Waals surface area contributed by atoms with Crippen LogP contribution in [0.4, 0.5) is 13.2 Å². The first-order valence-electron chi connectivity index (χ1n) is 6.77. The molecule has 1 rings (SSSR count). The number of carbonyl (C=O) groups excluding carboxylic acids is 1. The Morgan fingerprint density at radius 3 is 2.35 bits per heavy atom. The summed E-state index contributed by atoms with van der Waals surface area (Å²) < 4.78 is 35.6. The maximum Gasteiger partial charge on any atom is 0.405 e. The summed E-state index contributed by atoms with van der Waals surface area (Å²) in [4.78, 5) is 14.9. The second-order valence-electron chi connectivity index (χ2n) is 4.93. The lowest BCUT2D eigenvalue weighted by Gasteiger charge is -2.16. The van der Waals surface area contributed by atoms with E-state index in [0.29, 0.717) is 0 Å². The van der Waals surface area contributed by atoms with Crippen molar-refractivity contribution in [3.8, 4) is 0 Å². The summed E-state index contributed by atoms with van der Waals surface area (Å²) in [5.74, 6) is -0.688. The Kier molecular flexibility index (Phi) is 6.60. The number of aliphatic imine (C=N–C) groups is 1. The molecule has 1 aliphatic rings. The van der Waals surface area contributed by atoms with Crippen molar-refractivity contribution in [2.75, 3.05) is 13.1 Å². The lowest BCUT2D eigenvalue weighted by Crippen LogP contribution is -2.41. The Hall–Kier alpha value is -1.47. The largest absolute Gasteiger partial charge is 0.405 e. The Morgan fingerprint density at radius 1 is 1.20 bits per heavy atom. The molecule has 0 aliphatic heterocycles. The highest BCUT2D eigenvalue weighted by Gasteiger charge is 2.27. The molecule has 0 aromatic carbocycles. The van der Waals surface area contributed by atoms with Crippen molar-refractivity contribution in [1.82, 2.24) is 10.6 Å². The molecule has 0 aromatic rings. The van der Waals surface area contributed by atoms with Crippen molar-refractivity contribution in [2.45, 2.75) is 50.7 Å². The minimum Gasteiger partial charge on any atom is -0.370 e. The van der Waals surface area contributed by atoms with Crippen LogP contribution in [0.1, 0.15) is 38.5 Å². The molecule has 0 heterocycles. The number of hydrogen-bond acceptors (Lipinski definition) is 2. The van der Waals surface area contributed by atoms with Crippen LogP contribution in [-0.2, 0) is 4.79 Å². The molecule has 1 aliphatic carbocycles. The summed E-state index contributed by atoms with van der Waals surface area (Å²) in [6, 6.07) is 0.236. The monoisotopic (exact) mass is 294 g/mol. The first-order valence-corrected chi connectivity index (χ1v) is 6.77. The minimum absolute atomic E-state index is 0.110. The molecule has 1 fully saturated rings. The number of amides is 1. The molecule has 0 atom stereocenters. The molecule has 0 bridgehead atoms. The summed E-state index contributed by atoms with van der Waals surface area (Å²) in [6.45, 7) is -1.75. The van der Waals surface area contributed by atoms with Gasteiger partial charge in [-0.15, -0.1) is 0 Å². The summed E-state index contributed by atoms with van der Waals surface area (Å²) in [6.07, 6.45) is 2.23. The zero-order chi connectivity index (χ0) is 15.0. The van der Waals surface area contributed by atoms with E-state index in [4.69, 9.17) is 5.73 Å². The molecule has 0 radical (unpaired) electrons. The highest BCUT2D eigenvalue weighted by atomic mass is 19.4. The van der Waals surface area contributed by atoms with Crippen LogP contribution in [0, 0.1) is 0 Å². The predicted molar refractivity (Wildman–Crippen MR) is 70.2 cm³/mol. The standard InChI is InChI=1S/C12H21F3N4O/c13-12(14,15)8-18-10(20)7-17-11(16)19-9-5-3-1-2-4-6-9/h9H,1-8H2,(H,18,20)(H3,16,17,19). The maximum atomic E-state index is 11.9. The second-order valence-corrected chi connectivity index (χ2v) is 4.93. The molecule has 20 heavy (non-hydrogen) atoms. The Morgan fingerprint density at radius 2 is 1.80 bits per heavy atom. The summed E-state index contributed by atoms with van der Waals surface area (Å²) in [5, 5.41) is 4.75. The van der Waals surface area contributed by atoms with E-state index in [1.54, 1.807) is 5.32 Å². The van der Waals surface area contributed by atoms with Crippen molar-refractivity contribution in [3.63, 3.8) is 0 Å². The number of carbonyl (C=O) groups is 1. The van der Waals surface area contributed by atoms with Crippen LogP contribution < -0.4 is 16.4 Å². The molecular formula is C12H21F3N4O. The quantitative estimate of drug-likeness (QED) is 0.415. The molecule has 1 saturated carbocycles. The number of nitrogens with zero attached hydrogens (tertiary/aromatic N) is 1. The number of rotatable bonds is 4. The Bertz CT molecular complexity index is 336. The Labute approximate surface area is 116 Å². The van der Waals surface area contributed by atoms with Crippen molar-refractivity contribution < 1.29 is 18.0 Å². The normalized spacial score (nSPS) is 18.4. The van der Waals surface area contributed by atoms with E-state index in [1.807, 2.05) is 0 Å². The number of alkyl halides is 3. The smallest absolute Gasteiger partial charge is 0.370 e. The lowest BCUT2D eigenvalue weighted by molar-refractivity contribution is -0.137. The third kappa shape index (κ3) is 7.85. The Balaban J connectivity index is 2.27. The summed E-state index contributed by atoms with van der Waals surface area (Å²) in [7, 11) is 0. The van der Waals surface area contributed by atoms with Gasteiger partial charge in [0.15, 0.2) is 5.96 Å². The van der Waals surface area contributed by atoms with E-state index >= 15 is 0 Å². The molecule has 4 N–H and O–H groups in total. The molecule has 0 aromatic heterocycles. The van der Waals surface area contributed by atoms with Crippen molar-refractivity contribution >= 4 is 11.9 Å². The number of nitrogens with one attached hydrogen (secondary N) is 2. The fourth-order valence-corrected chi connectivity index (χ4v) is 2.09. The first kappa shape index (κ1) is 16.6. The van der Waals surface area contributed by atoms with Crippen LogP contribution in [0.25, 0.3) is 0 Å². The van der Waals surface area contributed by atoms with Crippen LogP contribution in [-0.4, -0.2) is 37.2 Å². The molecule has 5 nitrogen and oxygen atoms in total. The van der Waals surface area contributed by atoms with E-state index in [9.17, 15) is 18.0 Å². The van der Waals surface area contributed by atoms with E-state index < -0.39 is 25.2 Å². The molecule has 0 saturated heterocycles. The van der Waals surface area contributed by atoms with Crippen molar-refractivity contribution in [1.29, 1.82) is 0 Å². The third-order valence-corrected chi connectivity index (χ3v) is 3.09. The van der Waals surface area contributed by atoms with Gasteiger partial charge in [-0.05, 0) is 12.8 Å². The van der Waals surface area contributed by atoms with Gasteiger partial charge < -0.3 is 16.4 Å². The maximum absolute atomic E-state index is 11.9. The molecule has 8 heteroatoms. The average Bonchev–Trinajstić information content (AvgIpc) is 2.61. The third-order valence-electron chi connectivity index (χ3n) is 3.09. The topological polar surface area (TPSA) is 79.5 Å². The van der Waals surface area contributed by atoms with Crippen LogP contribution >= 0.6 is 0 Å². The SMILES string of the molecule is NC(=NCC(=O)NCC(F)(F)F)NC1CCCCCC1. The van der Waals surface area contributed by atoms with Gasteiger partial charge in [-0.3, -0.25) is 4.79 Å². The zero-order valence-electron chi connectivity index (χ0n) is 11.3.